The van der Waals surface area contributed by atoms with Crippen LogP contribution in [0.5, 0.6) is 0 Å². The van der Waals surface area contributed by atoms with Crippen molar-refractivity contribution in [1.82, 2.24) is 0 Å². The third kappa shape index (κ3) is 2.46. The van der Waals surface area contributed by atoms with E-state index in [0.29, 0.717) is 17.1 Å². The fraction of sp³-hybridized carbons (Fsp3) is 0.375. The first-order chi connectivity index (χ1) is 9.54. The molecule has 1 saturated carbocycles. The summed E-state index contributed by atoms with van der Waals surface area (Å²) in [6.45, 7) is 4.08. The zero-order chi connectivity index (χ0) is 14.3. The van der Waals surface area contributed by atoms with Crippen molar-refractivity contribution < 1.29 is 13.9 Å². The molecule has 2 aromatic rings. The molecule has 4 nitrogen and oxygen atoms in total. The average molecular weight is 272 g/mol. The highest BCUT2D eigenvalue weighted by molar-refractivity contribution is 5.81. The van der Waals surface area contributed by atoms with Crippen LogP contribution in [0.1, 0.15) is 24.5 Å². The van der Waals surface area contributed by atoms with Gasteiger partial charge in [-0.3, -0.25) is 4.79 Å². The van der Waals surface area contributed by atoms with Gasteiger partial charge < -0.3 is 9.15 Å². The molecule has 1 aliphatic rings. The maximum atomic E-state index is 11.7. The number of carbonyl (C=O) groups is 1. The lowest BCUT2D eigenvalue weighted by molar-refractivity contribution is -0.146. The highest BCUT2D eigenvalue weighted by Crippen LogP contribution is 2.38. The van der Waals surface area contributed by atoms with Crippen molar-refractivity contribution in [1.29, 1.82) is 0 Å². The average Bonchev–Trinajstić information content (AvgIpc) is 3.12. The van der Waals surface area contributed by atoms with Crippen LogP contribution in [0.3, 0.4) is 0 Å². The Bertz CT molecular complexity index is 729. The van der Waals surface area contributed by atoms with E-state index in [2.05, 4.69) is 0 Å². The van der Waals surface area contributed by atoms with Crippen molar-refractivity contribution in [2.75, 3.05) is 0 Å². The van der Waals surface area contributed by atoms with Gasteiger partial charge in [0.2, 0.25) is 0 Å². The number of rotatable bonds is 3. The summed E-state index contributed by atoms with van der Waals surface area (Å²) in [5.74, 6) is 0.275. The van der Waals surface area contributed by atoms with Gasteiger partial charge in [-0.2, -0.15) is 0 Å². The summed E-state index contributed by atoms with van der Waals surface area (Å²) in [7, 11) is 0. The maximum Gasteiger partial charge on any atom is 0.336 e. The molecular weight excluding hydrogens is 256 g/mol. The summed E-state index contributed by atoms with van der Waals surface area (Å²) in [5, 5.41) is 0.812. The van der Waals surface area contributed by atoms with Gasteiger partial charge in [-0.15, -0.1) is 0 Å². The molecule has 0 saturated heterocycles. The van der Waals surface area contributed by atoms with E-state index in [1.807, 2.05) is 32.0 Å². The van der Waals surface area contributed by atoms with Gasteiger partial charge in [0.25, 0.3) is 0 Å². The van der Waals surface area contributed by atoms with E-state index < -0.39 is 5.63 Å². The zero-order valence-corrected chi connectivity index (χ0v) is 11.5. The predicted molar refractivity (Wildman–Crippen MR) is 74.3 cm³/mol. The van der Waals surface area contributed by atoms with Crippen LogP contribution in [0, 0.1) is 18.8 Å². The zero-order valence-electron chi connectivity index (χ0n) is 11.5. The molecule has 1 fully saturated rings. The van der Waals surface area contributed by atoms with Crippen LogP contribution in [-0.2, 0) is 16.1 Å². The highest BCUT2D eigenvalue weighted by atomic mass is 16.5. The predicted octanol–water partition coefficient (Wildman–Crippen LogP) is 2.80. The number of hydrogen-bond acceptors (Lipinski definition) is 4. The van der Waals surface area contributed by atoms with Crippen molar-refractivity contribution in [3.05, 3.63) is 45.8 Å². The fourth-order valence-electron chi connectivity index (χ4n) is 2.36. The molecule has 0 N–H and O–H groups in total. The van der Waals surface area contributed by atoms with Crippen LogP contribution < -0.4 is 5.63 Å². The fourth-order valence-corrected chi connectivity index (χ4v) is 2.36. The number of carbonyl (C=O) groups excluding carboxylic acids is 1. The SMILES string of the molecule is Cc1ccc2c(COC(=O)[C@H]3C[C@H]3C)cc(=O)oc2c1. The lowest BCUT2D eigenvalue weighted by Crippen LogP contribution is -2.09. The van der Waals surface area contributed by atoms with E-state index in [1.165, 1.54) is 6.07 Å². The van der Waals surface area contributed by atoms with Crippen LogP contribution in [0.25, 0.3) is 11.0 Å². The number of hydrogen-bond donors (Lipinski definition) is 0. The molecular formula is C16H16O4. The molecule has 0 bridgehead atoms. The minimum Gasteiger partial charge on any atom is -0.461 e. The van der Waals surface area contributed by atoms with Crippen LogP contribution in [-0.4, -0.2) is 5.97 Å². The van der Waals surface area contributed by atoms with Gasteiger partial charge in [0, 0.05) is 17.0 Å². The van der Waals surface area contributed by atoms with Crippen LogP contribution >= 0.6 is 0 Å². The molecule has 1 aliphatic carbocycles. The molecule has 104 valence electrons. The molecule has 1 heterocycles. The van der Waals surface area contributed by atoms with Gasteiger partial charge >= 0.3 is 11.6 Å². The Morgan fingerprint density at radius 3 is 2.85 bits per heavy atom. The summed E-state index contributed by atoms with van der Waals surface area (Å²) in [6, 6.07) is 7.03. The van der Waals surface area contributed by atoms with Gasteiger partial charge in [0.05, 0.1) is 5.92 Å². The molecule has 0 aliphatic heterocycles. The van der Waals surface area contributed by atoms with Crippen LogP contribution in [0.4, 0.5) is 0 Å². The van der Waals surface area contributed by atoms with Crippen molar-refractivity contribution in [2.24, 2.45) is 11.8 Å². The number of benzene rings is 1. The molecule has 2 atom stereocenters. The van der Waals surface area contributed by atoms with Crippen molar-refractivity contribution >= 4 is 16.9 Å². The highest BCUT2D eigenvalue weighted by Gasteiger charge is 2.40. The minimum absolute atomic E-state index is 0.0311. The van der Waals surface area contributed by atoms with Crippen LogP contribution in [0.2, 0.25) is 0 Å². The number of fused-ring (bicyclic) bond motifs is 1. The number of ether oxygens (including phenoxy) is 1. The number of esters is 1. The summed E-state index contributed by atoms with van der Waals surface area (Å²) >= 11 is 0. The Kier molecular flexibility index (Phi) is 3.08. The molecule has 0 spiro atoms. The first-order valence-corrected chi connectivity index (χ1v) is 6.74. The molecule has 0 amide bonds. The lowest BCUT2D eigenvalue weighted by Gasteiger charge is -2.07. The van der Waals surface area contributed by atoms with Gasteiger partial charge in [-0.25, -0.2) is 4.79 Å². The van der Waals surface area contributed by atoms with Gasteiger partial charge in [-0.1, -0.05) is 19.1 Å². The second kappa shape index (κ2) is 4.78. The van der Waals surface area contributed by atoms with E-state index in [-0.39, 0.29) is 18.5 Å². The van der Waals surface area contributed by atoms with E-state index in [1.54, 1.807) is 0 Å². The molecule has 4 heteroatoms. The van der Waals surface area contributed by atoms with Crippen molar-refractivity contribution in [2.45, 2.75) is 26.9 Å². The van der Waals surface area contributed by atoms with Crippen molar-refractivity contribution in [3.8, 4) is 0 Å². The first kappa shape index (κ1) is 12.9. The number of aryl methyl sites for hydroxylation is 1. The maximum absolute atomic E-state index is 11.7. The largest absolute Gasteiger partial charge is 0.461 e. The Balaban J connectivity index is 1.87. The normalized spacial score (nSPS) is 20.9. The summed E-state index contributed by atoms with van der Waals surface area (Å²) < 4.78 is 10.5. The van der Waals surface area contributed by atoms with Gasteiger partial charge in [0.15, 0.2) is 0 Å². The van der Waals surface area contributed by atoms with E-state index >= 15 is 0 Å². The van der Waals surface area contributed by atoms with Gasteiger partial charge in [-0.05, 0) is 30.9 Å². The lowest BCUT2D eigenvalue weighted by atomic mass is 10.1. The van der Waals surface area contributed by atoms with Gasteiger partial charge in [0.1, 0.15) is 12.2 Å². The topological polar surface area (TPSA) is 56.5 Å². The first-order valence-electron chi connectivity index (χ1n) is 6.74. The van der Waals surface area contributed by atoms with Crippen molar-refractivity contribution in [3.63, 3.8) is 0 Å². The Labute approximate surface area is 116 Å². The molecule has 1 aromatic carbocycles. The molecule has 0 unspecified atom stereocenters. The Morgan fingerprint density at radius 2 is 2.15 bits per heavy atom. The van der Waals surface area contributed by atoms with Crippen LogP contribution in [0.15, 0.2) is 33.5 Å². The minimum atomic E-state index is -0.422. The van der Waals surface area contributed by atoms with E-state index in [9.17, 15) is 9.59 Å². The molecule has 0 radical (unpaired) electrons. The standard InChI is InChI=1S/C16H16O4/c1-9-3-4-12-11(7-15(17)20-14(12)5-9)8-19-16(18)13-6-10(13)2/h3-5,7,10,13H,6,8H2,1-2H3/t10-,13+/m1/s1. The third-order valence-corrected chi connectivity index (χ3v) is 3.77. The third-order valence-electron chi connectivity index (χ3n) is 3.77. The molecule has 3 rings (SSSR count). The smallest absolute Gasteiger partial charge is 0.336 e. The molecule has 20 heavy (non-hydrogen) atoms. The van der Waals surface area contributed by atoms with E-state index in [0.717, 1.165) is 17.4 Å². The Morgan fingerprint density at radius 1 is 1.40 bits per heavy atom. The summed E-state index contributed by atoms with van der Waals surface area (Å²) in [5.41, 5.74) is 1.82. The summed E-state index contributed by atoms with van der Waals surface area (Å²) in [4.78, 5) is 23.3. The monoisotopic (exact) mass is 272 g/mol. The molecule has 1 aromatic heterocycles. The quantitative estimate of drug-likeness (QED) is 0.637. The second-order valence-corrected chi connectivity index (χ2v) is 5.52. The Hall–Kier alpha value is -2.10. The second-order valence-electron chi connectivity index (χ2n) is 5.52. The van der Waals surface area contributed by atoms with E-state index in [4.69, 9.17) is 9.15 Å². The summed E-state index contributed by atoms with van der Waals surface area (Å²) in [6.07, 6.45) is 0.899.